The third-order valence-electron chi connectivity index (χ3n) is 3.44. The first-order valence-corrected chi connectivity index (χ1v) is 7.46. The Morgan fingerprint density at radius 2 is 2.14 bits per heavy atom. The molecule has 4 nitrogen and oxygen atoms in total. The van der Waals surface area contributed by atoms with Crippen LogP contribution in [0.3, 0.4) is 0 Å². The van der Waals surface area contributed by atoms with Crippen LogP contribution in [0.1, 0.15) is 35.5 Å². The zero-order valence-electron chi connectivity index (χ0n) is 11.9. The van der Waals surface area contributed by atoms with Crippen molar-refractivity contribution in [3.8, 4) is 0 Å². The molecule has 3 N–H and O–H groups in total. The number of carbonyl (C=O) groups is 1. The summed E-state index contributed by atoms with van der Waals surface area (Å²) in [7, 11) is 0. The first-order valence-electron chi connectivity index (χ1n) is 6.65. The van der Waals surface area contributed by atoms with Gasteiger partial charge in [0.05, 0.1) is 0 Å². The summed E-state index contributed by atoms with van der Waals surface area (Å²) in [5.74, 6) is -1.46. The maximum Gasteiger partial charge on any atom is 0.346 e. The highest BCUT2D eigenvalue weighted by Gasteiger charge is 2.23. The number of nitrogens with one attached hydrogen (secondary N) is 1. The molecule has 0 amide bonds. The SMILES string of the molecule is CC(C)(CCO)NCc1c(C(=O)O)sc2cccc(F)c12. The van der Waals surface area contributed by atoms with E-state index in [9.17, 15) is 14.3 Å². The van der Waals surface area contributed by atoms with Gasteiger partial charge in [-0.15, -0.1) is 11.3 Å². The van der Waals surface area contributed by atoms with Crippen LogP contribution in [0.4, 0.5) is 4.39 Å². The van der Waals surface area contributed by atoms with Gasteiger partial charge in [0.15, 0.2) is 0 Å². The lowest BCUT2D eigenvalue weighted by molar-refractivity contribution is 0.0700. The molecule has 0 saturated heterocycles. The van der Waals surface area contributed by atoms with E-state index < -0.39 is 11.8 Å². The predicted molar refractivity (Wildman–Crippen MR) is 81.4 cm³/mol. The average molecular weight is 311 g/mol. The zero-order chi connectivity index (χ0) is 15.6. The van der Waals surface area contributed by atoms with Crippen molar-refractivity contribution in [1.82, 2.24) is 5.32 Å². The van der Waals surface area contributed by atoms with Crippen molar-refractivity contribution in [1.29, 1.82) is 0 Å². The van der Waals surface area contributed by atoms with E-state index in [1.54, 1.807) is 12.1 Å². The van der Waals surface area contributed by atoms with E-state index in [0.717, 1.165) is 11.3 Å². The topological polar surface area (TPSA) is 69.6 Å². The Balaban J connectivity index is 2.41. The summed E-state index contributed by atoms with van der Waals surface area (Å²) in [5.41, 5.74) is 0.107. The molecule has 0 fully saturated rings. The third kappa shape index (κ3) is 3.40. The first kappa shape index (κ1) is 15.9. The van der Waals surface area contributed by atoms with Crippen molar-refractivity contribution in [3.05, 3.63) is 34.5 Å². The van der Waals surface area contributed by atoms with Crippen LogP contribution in [-0.2, 0) is 6.54 Å². The van der Waals surface area contributed by atoms with E-state index in [1.165, 1.54) is 6.07 Å². The maximum absolute atomic E-state index is 14.0. The number of fused-ring (bicyclic) bond motifs is 1. The number of carboxylic acid groups (broad SMARTS) is 1. The molecule has 0 aliphatic heterocycles. The van der Waals surface area contributed by atoms with Gasteiger partial charge in [-0.25, -0.2) is 9.18 Å². The van der Waals surface area contributed by atoms with Gasteiger partial charge in [-0.3, -0.25) is 0 Å². The molecule has 1 aromatic heterocycles. The Labute approximate surface area is 126 Å². The molecule has 21 heavy (non-hydrogen) atoms. The second kappa shape index (κ2) is 6.09. The fourth-order valence-corrected chi connectivity index (χ4v) is 3.28. The van der Waals surface area contributed by atoms with Crippen molar-refractivity contribution in [2.24, 2.45) is 0 Å². The van der Waals surface area contributed by atoms with Gasteiger partial charge < -0.3 is 15.5 Å². The molecule has 0 saturated carbocycles. The molecule has 114 valence electrons. The highest BCUT2D eigenvalue weighted by molar-refractivity contribution is 7.21. The van der Waals surface area contributed by atoms with Crippen LogP contribution in [0.25, 0.3) is 10.1 Å². The molecule has 0 unspecified atom stereocenters. The normalized spacial score (nSPS) is 12.0. The Bertz CT molecular complexity index is 666. The van der Waals surface area contributed by atoms with Crippen LogP contribution >= 0.6 is 11.3 Å². The van der Waals surface area contributed by atoms with Gasteiger partial charge in [0.1, 0.15) is 10.7 Å². The second-order valence-corrected chi connectivity index (χ2v) is 6.59. The molecular formula is C15H18FNO3S. The van der Waals surface area contributed by atoms with E-state index >= 15 is 0 Å². The minimum atomic E-state index is -1.05. The summed E-state index contributed by atoms with van der Waals surface area (Å²) < 4.78 is 14.7. The number of rotatable bonds is 6. The molecule has 2 aromatic rings. The van der Waals surface area contributed by atoms with Crippen molar-refractivity contribution in [2.75, 3.05) is 6.61 Å². The predicted octanol–water partition coefficient (Wildman–Crippen LogP) is 2.99. The summed E-state index contributed by atoms with van der Waals surface area (Å²) in [5, 5.41) is 21.9. The largest absolute Gasteiger partial charge is 0.477 e. The summed E-state index contributed by atoms with van der Waals surface area (Å²) >= 11 is 1.08. The van der Waals surface area contributed by atoms with Crippen molar-refractivity contribution >= 4 is 27.4 Å². The second-order valence-electron chi connectivity index (χ2n) is 5.54. The maximum atomic E-state index is 14.0. The minimum absolute atomic E-state index is 0.0323. The Kier molecular flexibility index (Phi) is 4.61. The summed E-state index contributed by atoms with van der Waals surface area (Å²) in [6, 6.07) is 4.63. The van der Waals surface area contributed by atoms with Gasteiger partial charge in [-0.05, 0) is 32.4 Å². The summed E-state index contributed by atoms with van der Waals surface area (Å²) in [4.78, 5) is 11.5. The smallest absolute Gasteiger partial charge is 0.346 e. The molecule has 0 aliphatic carbocycles. The summed E-state index contributed by atoms with van der Waals surface area (Å²) in [6.45, 7) is 4.10. The number of carboxylic acids is 1. The fourth-order valence-electron chi connectivity index (χ4n) is 2.20. The average Bonchev–Trinajstić information content (AvgIpc) is 2.77. The highest BCUT2D eigenvalue weighted by Crippen LogP contribution is 2.33. The minimum Gasteiger partial charge on any atom is -0.477 e. The molecule has 0 bridgehead atoms. The molecule has 1 aromatic carbocycles. The lowest BCUT2D eigenvalue weighted by atomic mass is 10.0. The monoisotopic (exact) mass is 311 g/mol. The molecule has 0 aliphatic rings. The van der Waals surface area contributed by atoms with Crippen LogP contribution in [0.5, 0.6) is 0 Å². The van der Waals surface area contributed by atoms with E-state index in [1.807, 2.05) is 13.8 Å². The van der Waals surface area contributed by atoms with Gasteiger partial charge in [-0.1, -0.05) is 6.07 Å². The van der Waals surface area contributed by atoms with Crippen molar-refractivity contribution in [3.63, 3.8) is 0 Å². The van der Waals surface area contributed by atoms with Gasteiger partial charge in [0.2, 0.25) is 0 Å². The van der Waals surface area contributed by atoms with E-state index in [-0.39, 0.29) is 23.6 Å². The molecule has 2 rings (SSSR count). The van der Waals surface area contributed by atoms with E-state index in [0.29, 0.717) is 22.1 Å². The number of benzene rings is 1. The van der Waals surface area contributed by atoms with Crippen LogP contribution in [0, 0.1) is 5.82 Å². The van der Waals surface area contributed by atoms with Crippen LogP contribution < -0.4 is 5.32 Å². The number of halogens is 1. The lowest BCUT2D eigenvalue weighted by Gasteiger charge is -2.25. The number of hydrogen-bond donors (Lipinski definition) is 3. The van der Waals surface area contributed by atoms with Crippen molar-refractivity contribution < 1.29 is 19.4 Å². The molecule has 0 radical (unpaired) electrons. The number of aliphatic hydroxyl groups is 1. The van der Waals surface area contributed by atoms with E-state index in [2.05, 4.69) is 5.32 Å². The van der Waals surface area contributed by atoms with Gasteiger partial charge in [0.25, 0.3) is 0 Å². The van der Waals surface area contributed by atoms with Gasteiger partial charge in [0, 0.05) is 34.3 Å². The highest BCUT2D eigenvalue weighted by atomic mass is 32.1. The molecule has 6 heteroatoms. The van der Waals surface area contributed by atoms with Crippen LogP contribution in [-0.4, -0.2) is 28.3 Å². The quantitative estimate of drug-likeness (QED) is 0.767. The number of aliphatic hydroxyl groups excluding tert-OH is 1. The van der Waals surface area contributed by atoms with Gasteiger partial charge in [-0.2, -0.15) is 0 Å². The van der Waals surface area contributed by atoms with E-state index in [4.69, 9.17) is 5.11 Å². The standard InChI is InChI=1S/C15H18FNO3S/c1-15(2,6-7-18)17-8-9-12-10(16)4-3-5-11(12)21-13(9)14(19)20/h3-5,17-18H,6-8H2,1-2H3,(H,19,20). The summed E-state index contributed by atoms with van der Waals surface area (Å²) in [6.07, 6.45) is 0.528. The number of thiophene rings is 1. The third-order valence-corrected chi connectivity index (χ3v) is 4.62. The lowest BCUT2D eigenvalue weighted by Crippen LogP contribution is -2.39. The molecule has 0 spiro atoms. The number of aromatic carboxylic acids is 1. The molecular weight excluding hydrogens is 293 g/mol. The fraction of sp³-hybridized carbons (Fsp3) is 0.400. The first-order chi connectivity index (χ1) is 9.85. The van der Waals surface area contributed by atoms with Crippen LogP contribution in [0.2, 0.25) is 0 Å². The van der Waals surface area contributed by atoms with Gasteiger partial charge >= 0.3 is 5.97 Å². The number of hydrogen-bond acceptors (Lipinski definition) is 4. The molecule has 0 atom stereocenters. The Hall–Kier alpha value is -1.50. The molecule has 1 heterocycles. The van der Waals surface area contributed by atoms with Crippen LogP contribution in [0.15, 0.2) is 18.2 Å². The Morgan fingerprint density at radius 3 is 2.76 bits per heavy atom. The van der Waals surface area contributed by atoms with Crippen molar-refractivity contribution in [2.45, 2.75) is 32.4 Å². The zero-order valence-corrected chi connectivity index (χ0v) is 12.8. The Morgan fingerprint density at radius 1 is 1.43 bits per heavy atom.